The van der Waals surface area contributed by atoms with E-state index in [-0.39, 0.29) is 5.78 Å². The molecule has 0 spiro atoms. The predicted molar refractivity (Wildman–Crippen MR) is 79.8 cm³/mol. The van der Waals surface area contributed by atoms with Gasteiger partial charge in [-0.3, -0.25) is 4.79 Å². The highest BCUT2D eigenvalue weighted by atomic mass is 127. The summed E-state index contributed by atoms with van der Waals surface area (Å²) in [6.45, 7) is 2.03. The number of aromatic nitrogens is 2. The molecule has 94 valence electrons. The second kappa shape index (κ2) is 5.65. The minimum absolute atomic E-state index is 0.186. The van der Waals surface area contributed by atoms with Crippen molar-refractivity contribution in [2.45, 2.75) is 19.8 Å². The monoisotopic (exact) mass is 354 g/mol. The zero-order valence-electron chi connectivity index (χ0n) is 10.5. The average Bonchev–Trinajstić information content (AvgIpc) is 2.75. The van der Waals surface area contributed by atoms with Crippen LogP contribution in [0, 0.1) is 10.5 Å². The Kier molecular flexibility index (Phi) is 4.16. The Labute approximate surface area is 120 Å². The van der Waals surface area contributed by atoms with Gasteiger partial charge in [-0.2, -0.15) is 0 Å². The normalized spacial score (nSPS) is 10.6. The van der Waals surface area contributed by atoms with Crippen molar-refractivity contribution in [1.82, 2.24) is 9.55 Å². The van der Waals surface area contributed by atoms with Crippen LogP contribution in [0.5, 0.6) is 0 Å². The van der Waals surface area contributed by atoms with Crippen LogP contribution in [-0.4, -0.2) is 15.3 Å². The van der Waals surface area contributed by atoms with Gasteiger partial charge in [0.05, 0.1) is 0 Å². The smallest absolute Gasteiger partial charge is 0.164 e. The van der Waals surface area contributed by atoms with Crippen LogP contribution in [0.1, 0.15) is 28.2 Å². The minimum atomic E-state index is 0.186. The van der Waals surface area contributed by atoms with Crippen molar-refractivity contribution in [2.75, 3.05) is 0 Å². The summed E-state index contributed by atoms with van der Waals surface area (Å²) < 4.78 is 3.01. The number of aryl methyl sites for hydroxylation is 3. The van der Waals surface area contributed by atoms with Crippen LogP contribution < -0.4 is 0 Å². The maximum atomic E-state index is 12.2. The first-order valence-electron chi connectivity index (χ1n) is 5.84. The predicted octanol–water partition coefficient (Wildman–Crippen LogP) is 3.15. The Morgan fingerprint density at radius 1 is 1.44 bits per heavy atom. The van der Waals surface area contributed by atoms with E-state index in [4.69, 9.17) is 0 Å². The summed E-state index contributed by atoms with van der Waals surface area (Å²) in [5, 5.41) is 0. The highest BCUT2D eigenvalue weighted by Crippen LogP contribution is 2.18. The topological polar surface area (TPSA) is 34.9 Å². The van der Waals surface area contributed by atoms with Crippen LogP contribution >= 0.6 is 22.6 Å². The van der Waals surface area contributed by atoms with Gasteiger partial charge in [-0.25, -0.2) is 4.98 Å². The quantitative estimate of drug-likeness (QED) is 0.625. The van der Waals surface area contributed by atoms with Crippen LogP contribution in [0.25, 0.3) is 0 Å². The molecule has 1 aromatic carbocycles. The number of carbonyl (C=O) groups is 1. The van der Waals surface area contributed by atoms with Crippen molar-refractivity contribution >= 4 is 28.4 Å². The van der Waals surface area contributed by atoms with Gasteiger partial charge in [0.1, 0.15) is 5.82 Å². The molecule has 0 fully saturated rings. The molecule has 0 aliphatic rings. The summed E-state index contributed by atoms with van der Waals surface area (Å²) in [5.74, 6) is 1.14. The van der Waals surface area contributed by atoms with Gasteiger partial charge in [0.25, 0.3) is 0 Å². The van der Waals surface area contributed by atoms with Crippen molar-refractivity contribution in [1.29, 1.82) is 0 Å². The number of hydrogen-bond acceptors (Lipinski definition) is 2. The van der Waals surface area contributed by atoms with Crippen molar-refractivity contribution < 1.29 is 4.79 Å². The van der Waals surface area contributed by atoms with Gasteiger partial charge >= 0.3 is 0 Å². The lowest BCUT2D eigenvalue weighted by molar-refractivity contribution is 0.0981. The Balaban J connectivity index is 2.09. The fourth-order valence-electron chi connectivity index (χ4n) is 1.86. The SMILES string of the molecule is Cc1cccc(C(=O)CCc2nccn2C)c1I. The molecule has 0 aliphatic heterocycles. The van der Waals surface area contributed by atoms with Gasteiger partial charge in [-0.15, -0.1) is 0 Å². The highest BCUT2D eigenvalue weighted by Gasteiger charge is 2.12. The maximum Gasteiger partial charge on any atom is 0.164 e. The first-order chi connectivity index (χ1) is 8.59. The highest BCUT2D eigenvalue weighted by molar-refractivity contribution is 14.1. The summed E-state index contributed by atoms with van der Waals surface area (Å²) in [5.41, 5.74) is 1.98. The van der Waals surface area contributed by atoms with Crippen LogP contribution in [0.3, 0.4) is 0 Å². The molecule has 0 atom stereocenters. The largest absolute Gasteiger partial charge is 0.338 e. The third-order valence-electron chi connectivity index (χ3n) is 2.99. The molecule has 3 nitrogen and oxygen atoms in total. The molecule has 0 bridgehead atoms. The number of hydrogen-bond donors (Lipinski definition) is 0. The lowest BCUT2D eigenvalue weighted by Gasteiger charge is -2.06. The Morgan fingerprint density at radius 3 is 2.89 bits per heavy atom. The molecule has 0 radical (unpaired) electrons. The molecule has 0 saturated heterocycles. The molecule has 1 heterocycles. The molecule has 0 amide bonds. The van der Waals surface area contributed by atoms with Crippen LogP contribution in [0.15, 0.2) is 30.6 Å². The van der Waals surface area contributed by atoms with Gasteiger partial charge in [0.15, 0.2) is 5.78 Å². The third-order valence-corrected chi connectivity index (χ3v) is 4.42. The number of nitrogens with zero attached hydrogens (tertiary/aromatic N) is 2. The van der Waals surface area contributed by atoms with E-state index in [1.54, 1.807) is 6.20 Å². The van der Waals surface area contributed by atoms with E-state index in [9.17, 15) is 4.79 Å². The first kappa shape index (κ1) is 13.3. The van der Waals surface area contributed by atoms with E-state index in [0.717, 1.165) is 20.5 Å². The van der Waals surface area contributed by atoms with Gasteiger partial charge < -0.3 is 4.57 Å². The number of carbonyl (C=O) groups excluding carboxylic acids is 1. The molecule has 0 aliphatic carbocycles. The number of benzene rings is 1. The summed E-state index contributed by atoms with van der Waals surface area (Å²) in [7, 11) is 1.95. The van der Waals surface area contributed by atoms with Crippen molar-refractivity contribution in [3.63, 3.8) is 0 Å². The number of imidazole rings is 1. The van der Waals surface area contributed by atoms with E-state index in [1.807, 2.05) is 42.9 Å². The molecule has 1 aromatic heterocycles. The Hall–Kier alpha value is -1.17. The molecule has 0 unspecified atom stereocenters. The van der Waals surface area contributed by atoms with E-state index in [0.29, 0.717) is 12.8 Å². The van der Waals surface area contributed by atoms with Gasteiger partial charge in [-0.05, 0) is 35.1 Å². The van der Waals surface area contributed by atoms with Crippen LogP contribution in [0.2, 0.25) is 0 Å². The molecule has 2 rings (SSSR count). The average molecular weight is 354 g/mol. The third kappa shape index (κ3) is 2.80. The molecule has 0 N–H and O–H groups in total. The van der Waals surface area contributed by atoms with Crippen molar-refractivity contribution in [3.8, 4) is 0 Å². The minimum Gasteiger partial charge on any atom is -0.338 e. The summed E-state index contributed by atoms with van der Waals surface area (Å²) in [6.07, 6.45) is 4.85. The van der Waals surface area contributed by atoms with Crippen molar-refractivity contribution in [2.24, 2.45) is 7.05 Å². The number of rotatable bonds is 4. The lowest BCUT2D eigenvalue weighted by atomic mass is 10.0. The van der Waals surface area contributed by atoms with E-state index >= 15 is 0 Å². The fourth-order valence-corrected chi connectivity index (χ4v) is 2.52. The number of ketones is 1. The second-order valence-electron chi connectivity index (χ2n) is 4.31. The van der Waals surface area contributed by atoms with E-state index in [1.165, 1.54) is 0 Å². The number of halogens is 1. The van der Waals surface area contributed by atoms with Crippen LogP contribution in [-0.2, 0) is 13.5 Å². The molecule has 2 aromatic rings. The standard InChI is InChI=1S/C14H15IN2O/c1-10-4-3-5-11(14(10)15)12(18)6-7-13-16-8-9-17(13)2/h3-5,8-9H,6-7H2,1-2H3. The zero-order valence-corrected chi connectivity index (χ0v) is 12.6. The van der Waals surface area contributed by atoms with E-state index in [2.05, 4.69) is 27.6 Å². The maximum absolute atomic E-state index is 12.2. The van der Waals surface area contributed by atoms with E-state index < -0.39 is 0 Å². The zero-order chi connectivity index (χ0) is 13.1. The Bertz CT molecular complexity index is 575. The molecular weight excluding hydrogens is 339 g/mol. The molecule has 0 saturated carbocycles. The van der Waals surface area contributed by atoms with Gasteiger partial charge in [-0.1, -0.05) is 18.2 Å². The molecule has 18 heavy (non-hydrogen) atoms. The summed E-state index contributed by atoms with van der Waals surface area (Å²) in [4.78, 5) is 16.4. The first-order valence-corrected chi connectivity index (χ1v) is 6.92. The summed E-state index contributed by atoms with van der Waals surface area (Å²) in [6, 6.07) is 5.86. The van der Waals surface area contributed by atoms with Crippen LogP contribution in [0.4, 0.5) is 0 Å². The second-order valence-corrected chi connectivity index (χ2v) is 5.39. The molecular formula is C14H15IN2O. The number of Topliss-reactive ketones (excluding diaryl/α,β-unsaturated/α-hetero) is 1. The fraction of sp³-hybridized carbons (Fsp3) is 0.286. The van der Waals surface area contributed by atoms with Gasteiger partial charge in [0, 0.05) is 41.4 Å². The molecule has 4 heteroatoms. The van der Waals surface area contributed by atoms with Gasteiger partial charge in [0.2, 0.25) is 0 Å². The van der Waals surface area contributed by atoms with Crippen molar-refractivity contribution in [3.05, 3.63) is 51.1 Å². The summed E-state index contributed by atoms with van der Waals surface area (Å²) >= 11 is 2.24. The Morgan fingerprint density at radius 2 is 2.22 bits per heavy atom. The lowest BCUT2D eigenvalue weighted by Crippen LogP contribution is -2.07.